The van der Waals surface area contributed by atoms with Gasteiger partial charge < -0.3 is 19.5 Å². The van der Waals surface area contributed by atoms with Crippen LogP contribution in [0, 0.1) is 0 Å². The van der Waals surface area contributed by atoms with Crippen molar-refractivity contribution < 1.29 is 27.8 Å². The van der Waals surface area contributed by atoms with Crippen LogP contribution in [0.1, 0.15) is 37.7 Å². The summed E-state index contributed by atoms with van der Waals surface area (Å²) >= 11 is 1.27. The number of ether oxygens (including phenoxy) is 3. The van der Waals surface area contributed by atoms with Crippen LogP contribution in [0.5, 0.6) is 17.2 Å². The van der Waals surface area contributed by atoms with Crippen LogP contribution in [0.25, 0.3) is 6.08 Å². The van der Waals surface area contributed by atoms with Crippen LogP contribution < -0.4 is 19.5 Å². The minimum atomic E-state index is -3.01. The topological polar surface area (TPSA) is 69.2 Å². The number of alkyl halides is 2. The van der Waals surface area contributed by atoms with Crippen LogP contribution in [0.4, 0.5) is 8.78 Å². The molecule has 0 radical (unpaired) electrons. The fourth-order valence-electron chi connectivity index (χ4n) is 3.20. The second kappa shape index (κ2) is 9.27. The molecule has 1 N–H and O–H groups in total. The van der Waals surface area contributed by atoms with E-state index in [1.807, 2.05) is 0 Å². The van der Waals surface area contributed by atoms with E-state index in [0.717, 1.165) is 25.7 Å². The Hall–Kier alpha value is -2.29. The van der Waals surface area contributed by atoms with Crippen molar-refractivity contribution in [1.82, 2.24) is 5.32 Å². The fraction of sp³-hybridized carbons (Fsp3) is 0.474. The Balaban J connectivity index is 1.84. The average Bonchev–Trinajstić information content (AvgIpc) is 3.01. The number of nitrogens with one attached hydrogen (secondary N) is 1. The number of thioether (sulfide) groups is 1. The summed E-state index contributed by atoms with van der Waals surface area (Å²) in [4.78, 5) is 17.4. The molecule has 2 aliphatic rings. The summed E-state index contributed by atoms with van der Waals surface area (Å²) in [5.41, 5.74) is 0.562. The number of nitrogens with zero attached hydrogens (tertiary/aromatic N) is 1. The Kier molecular flexibility index (Phi) is 6.77. The molecule has 1 aromatic carbocycles. The van der Waals surface area contributed by atoms with Crippen molar-refractivity contribution in [3.05, 3.63) is 22.6 Å². The number of hydrogen-bond donors (Lipinski definition) is 1. The summed E-state index contributed by atoms with van der Waals surface area (Å²) in [6, 6.07) is 3.27. The van der Waals surface area contributed by atoms with E-state index in [-0.39, 0.29) is 29.2 Å². The summed E-state index contributed by atoms with van der Waals surface area (Å²) in [5.74, 6) is -0.257. The lowest BCUT2D eigenvalue weighted by molar-refractivity contribution is -0.115. The Morgan fingerprint density at radius 3 is 2.39 bits per heavy atom. The number of amidine groups is 1. The standard InChI is InChI=1S/C19H22F2N2O4S/c1-25-13-8-11(9-14(26-2)16(13)27-18(20)21)10-15-17(24)23-19(28-15)22-12-6-4-3-5-7-12/h8-10,12,18H,3-7H2,1-2H3,(H,22,23,24). The van der Waals surface area contributed by atoms with E-state index in [0.29, 0.717) is 15.6 Å². The highest BCUT2D eigenvalue weighted by atomic mass is 32.2. The lowest BCUT2D eigenvalue weighted by Gasteiger charge is -2.17. The zero-order valence-electron chi connectivity index (χ0n) is 15.7. The van der Waals surface area contributed by atoms with Gasteiger partial charge in [0.15, 0.2) is 16.7 Å². The number of halogens is 2. The molecule has 0 unspecified atom stereocenters. The maximum Gasteiger partial charge on any atom is 0.387 e. The maximum absolute atomic E-state index is 12.7. The summed E-state index contributed by atoms with van der Waals surface area (Å²) in [7, 11) is 2.69. The van der Waals surface area contributed by atoms with E-state index in [9.17, 15) is 13.6 Å². The number of methoxy groups -OCH3 is 2. The van der Waals surface area contributed by atoms with Gasteiger partial charge in [0.2, 0.25) is 5.75 Å². The van der Waals surface area contributed by atoms with Gasteiger partial charge in [0.1, 0.15) is 0 Å². The van der Waals surface area contributed by atoms with Crippen molar-refractivity contribution in [2.45, 2.75) is 44.8 Å². The number of rotatable bonds is 6. The molecule has 9 heteroatoms. The van der Waals surface area contributed by atoms with Crippen molar-refractivity contribution in [3.8, 4) is 17.2 Å². The number of amides is 1. The molecule has 0 atom stereocenters. The Morgan fingerprint density at radius 2 is 1.82 bits per heavy atom. The maximum atomic E-state index is 12.7. The van der Waals surface area contributed by atoms with Gasteiger partial charge in [-0.2, -0.15) is 8.78 Å². The largest absolute Gasteiger partial charge is 0.493 e. The van der Waals surface area contributed by atoms with Gasteiger partial charge in [-0.1, -0.05) is 19.3 Å². The lowest BCUT2D eigenvalue weighted by Crippen LogP contribution is -2.22. The highest BCUT2D eigenvalue weighted by molar-refractivity contribution is 8.18. The minimum Gasteiger partial charge on any atom is -0.493 e. The molecule has 28 heavy (non-hydrogen) atoms. The molecule has 2 fully saturated rings. The summed E-state index contributed by atoms with van der Waals surface area (Å²) < 4.78 is 40.1. The van der Waals surface area contributed by atoms with E-state index in [1.54, 1.807) is 6.08 Å². The van der Waals surface area contributed by atoms with Gasteiger partial charge in [0.25, 0.3) is 5.91 Å². The van der Waals surface area contributed by atoms with Crippen molar-refractivity contribution in [3.63, 3.8) is 0 Å². The molecule has 1 aromatic rings. The molecule has 0 aromatic heterocycles. The van der Waals surface area contributed by atoms with Crippen molar-refractivity contribution >= 4 is 28.9 Å². The van der Waals surface area contributed by atoms with Crippen LogP contribution >= 0.6 is 11.8 Å². The van der Waals surface area contributed by atoms with Crippen molar-refractivity contribution in [2.75, 3.05) is 14.2 Å². The number of benzene rings is 1. The molecular formula is C19H22F2N2O4S. The molecule has 1 saturated heterocycles. The quantitative estimate of drug-likeness (QED) is 0.710. The molecule has 152 valence electrons. The number of hydrogen-bond acceptors (Lipinski definition) is 6. The average molecular weight is 412 g/mol. The molecule has 3 rings (SSSR count). The van der Waals surface area contributed by atoms with E-state index < -0.39 is 6.61 Å². The zero-order valence-corrected chi connectivity index (χ0v) is 16.5. The molecule has 0 bridgehead atoms. The van der Waals surface area contributed by atoms with Gasteiger partial charge in [-0.25, -0.2) is 0 Å². The normalized spacial score (nSPS) is 20.7. The third kappa shape index (κ3) is 4.95. The van der Waals surface area contributed by atoms with Gasteiger partial charge in [-0.3, -0.25) is 9.79 Å². The first-order valence-corrected chi connectivity index (χ1v) is 9.81. The molecule has 0 spiro atoms. The molecule has 1 heterocycles. The first kappa shape index (κ1) is 20.4. The Morgan fingerprint density at radius 1 is 1.18 bits per heavy atom. The van der Waals surface area contributed by atoms with Gasteiger partial charge in [-0.15, -0.1) is 0 Å². The molecule has 6 nitrogen and oxygen atoms in total. The molecule has 1 saturated carbocycles. The van der Waals surface area contributed by atoms with E-state index >= 15 is 0 Å². The minimum absolute atomic E-state index is 0.0889. The van der Waals surface area contributed by atoms with Crippen molar-refractivity contribution in [1.29, 1.82) is 0 Å². The van der Waals surface area contributed by atoms with Crippen molar-refractivity contribution in [2.24, 2.45) is 4.99 Å². The van der Waals surface area contributed by atoms with Crippen LogP contribution in [0.3, 0.4) is 0 Å². The summed E-state index contributed by atoms with van der Waals surface area (Å²) in [6.07, 6.45) is 7.28. The van der Waals surface area contributed by atoms with Gasteiger partial charge >= 0.3 is 6.61 Å². The Labute approximate surface area is 166 Å². The van der Waals surface area contributed by atoms with Gasteiger partial charge in [0.05, 0.1) is 25.2 Å². The zero-order chi connectivity index (χ0) is 20.1. The van der Waals surface area contributed by atoms with Gasteiger partial charge in [-0.05, 0) is 48.4 Å². The second-order valence-electron chi connectivity index (χ2n) is 6.42. The Bertz CT molecular complexity index is 767. The van der Waals surface area contributed by atoms with E-state index in [1.165, 1.54) is 44.5 Å². The number of aliphatic imine (C=N–C) groups is 1. The van der Waals surface area contributed by atoms with Gasteiger partial charge in [0, 0.05) is 0 Å². The predicted molar refractivity (Wildman–Crippen MR) is 104 cm³/mol. The number of carbonyl (C=O) groups excluding carboxylic acids is 1. The number of carbonyl (C=O) groups is 1. The molecule has 1 amide bonds. The summed E-state index contributed by atoms with van der Waals surface area (Å²) in [6.45, 7) is -3.01. The van der Waals surface area contributed by atoms with E-state index in [2.05, 4.69) is 15.0 Å². The highest BCUT2D eigenvalue weighted by Crippen LogP contribution is 2.40. The third-order valence-electron chi connectivity index (χ3n) is 4.51. The first-order valence-electron chi connectivity index (χ1n) is 8.99. The van der Waals surface area contributed by atoms with Crippen LogP contribution in [-0.4, -0.2) is 37.9 Å². The summed E-state index contributed by atoms with van der Waals surface area (Å²) in [5, 5.41) is 3.38. The molecular weight excluding hydrogens is 390 g/mol. The first-order chi connectivity index (χ1) is 13.5. The van der Waals surface area contributed by atoms with Crippen LogP contribution in [0.2, 0.25) is 0 Å². The smallest absolute Gasteiger partial charge is 0.387 e. The monoisotopic (exact) mass is 412 g/mol. The third-order valence-corrected chi connectivity index (χ3v) is 5.44. The fourth-order valence-corrected chi connectivity index (χ4v) is 4.10. The van der Waals surface area contributed by atoms with Crippen LogP contribution in [-0.2, 0) is 4.79 Å². The van der Waals surface area contributed by atoms with E-state index in [4.69, 9.17) is 9.47 Å². The second-order valence-corrected chi connectivity index (χ2v) is 7.45. The predicted octanol–water partition coefficient (Wildman–Crippen LogP) is 4.20. The SMILES string of the molecule is COc1cc(C=C2SC(=NC3CCCCC3)NC2=O)cc(OC)c1OC(F)F. The lowest BCUT2D eigenvalue weighted by atomic mass is 9.96. The molecule has 1 aliphatic carbocycles. The highest BCUT2D eigenvalue weighted by Gasteiger charge is 2.26. The van der Waals surface area contributed by atoms with Crippen LogP contribution in [0.15, 0.2) is 22.0 Å². The molecule has 1 aliphatic heterocycles.